The molecule has 0 aromatic heterocycles. The molecule has 1 amide bonds. The summed E-state index contributed by atoms with van der Waals surface area (Å²) in [5.41, 5.74) is 6.35. The monoisotopic (exact) mass is 350 g/mol. The van der Waals surface area contributed by atoms with E-state index in [1.165, 1.54) is 12.1 Å². The van der Waals surface area contributed by atoms with E-state index in [-0.39, 0.29) is 30.2 Å². The zero-order valence-corrected chi connectivity index (χ0v) is 13.6. The van der Waals surface area contributed by atoms with Gasteiger partial charge in [0.1, 0.15) is 11.9 Å². The van der Waals surface area contributed by atoms with Crippen LogP contribution in [0.3, 0.4) is 0 Å². The number of ether oxygens (including phenoxy) is 2. The Morgan fingerprint density at radius 3 is 2.57 bits per heavy atom. The van der Waals surface area contributed by atoms with Gasteiger partial charge in [-0.05, 0) is 30.5 Å². The van der Waals surface area contributed by atoms with Crippen LogP contribution in [0.1, 0.15) is 18.4 Å². The Bertz CT molecular complexity index is 502. The molecular weight excluding hydrogens is 330 g/mol. The Labute approximate surface area is 140 Å². The highest BCUT2D eigenvalue weighted by Gasteiger charge is 2.31. The number of amides is 1. The molecule has 0 bridgehead atoms. The van der Waals surface area contributed by atoms with Gasteiger partial charge in [0.15, 0.2) is 0 Å². The molecule has 1 saturated heterocycles. The number of benzene rings is 1. The Morgan fingerprint density at radius 1 is 1.39 bits per heavy atom. The molecule has 1 aromatic carbocycles. The third kappa shape index (κ3) is 5.60. The summed E-state index contributed by atoms with van der Waals surface area (Å²) >= 11 is 0. The number of likely N-dealkylation sites (N-methyl/N-ethyl adjacent to an activating group) is 1. The Kier molecular flexibility index (Phi) is 7.67. The molecule has 1 heterocycles. The number of alkyl halides is 2. The van der Waals surface area contributed by atoms with Gasteiger partial charge in [-0.25, -0.2) is 0 Å². The number of rotatable bonds is 6. The van der Waals surface area contributed by atoms with Gasteiger partial charge in [-0.3, -0.25) is 4.79 Å². The maximum absolute atomic E-state index is 12.3. The quantitative estimate of drug-likeness (QED) is 0.854. The molecule has 23 heavy (non-hydrogen) atoms. The topological polar surface area (TPSA) is 64.8 Å². The van der Waals surface area contributed by atoms with Crippen LogP contribution in [0.4, 0.5) is 8.78 Å². The SMILES string of the molecule is CN(Cc1ccc(OC(F)F)cc1)C(=O)[C@@H]1CC[C@H](CN)O1.Cl. The van der Waals surface area contributed by atoms with Crippen molar-refractivity contribution >= 4 is 18.3 Å². The number of hydrogen-bond donors (Lipinski definition) is 1. The first-order chi connectivity index (χ1) is 10.5. The van der Waals surface area contributed by atoms with E-state index in [4.69, 9.17) is 10.5 Å². The maximum atomic E-state index is 12.3. The second-order valence-corrected chi connectivity index (χ2v) is 5.28. The molecule has 0 radical (unpaired) electrons. The molecule has 2 N–H and O–H groups in total. The summed E-state index contributed by atoms with van der Waals surface area (Å²) in [6, 6.07) is 6.21. The minimum absolute atomic E-state index is 0. The minimum Gasteiger partial charge on any atom is -0.435 e. The van der Waals surface area contributed by atoms with Crippen molar-refractivity contribution < 1.29 is 23.0 Å². The van der Waals surface area contributed by atoms with Gasteiger partial charge in [0.25, 0.3) is 5.91 Å². The highest BCUT2D eigenvalue weighted by atomic mass is 35.5. The molecular formula is C15H21ClF2N2O3. The van der Waals surface area contributed by atoms with Gasteiger partial charge < -0.3 is 20.1 Å². The average molecular weight is 351 g/mol. The lowest BCUT2D eigenvalue weighted by atomic mass is 10.1. The summed E-state index contributed by atoms with van der Waals surface area (Å²) in [7, 11) is 1.69. The number of nitrogens with two attached hydrogens (primary N) is 1. The van der Waals surface area contributed by atoms with Gasteiger partial charge in [0, 0.05) is 20.1 Å². The van der Waals surface area contributed by atoms with Crippen molar-refractivity contribution in [1.82, 2.24) is 4.90 Å². The van der Waals surface area contributed by atoms with Crippen molar-refractivity contribution in [3.63, 3.8) is 0 Å². The van der Waals surface area contributed by atoms with E-state index in [0.717, 1.165) is 12.0 Å². The Balaban J connectivity index is 0.00000264. The zero-order valence-electron chi connectivity index (χ0n) is 12.8. The van der Waals surface area contributed by atoms with E-state index in [0.29, 0.717) is 19.5 Å². The molecule has 8 heteroatoms. The van der Waals surface area contributed by atoms with Crippen molar-refractivity contribution in [2.45, 2.75) is 38.2 Å². The van der Waals surface area contributed by atoms with E-state index in [9.17, 15) is 13.6 Å². The van der Waals surface area contributed by atoms with E-state index in [1.54, 1.807) is 24.1 Å². The Hall–Kier alpha value is -1.44. The first kappa shape index (κ1) is 19.6. The molecule has 2 rings (SSSR count). The van der Waals surface area contributed by atoms with Crippen molar-refractivity contribution in [3.8, 4) is 5.75 Å². The van der Waals surface area contributed by atoms with Crippen LogP contribution in [-0.2, 0) is 16.1 Å². The predicted octanol–water partition coefficient (Wildman–Crippen LogP) is 2.17. The molecule has 0 saturated carbocycles. The van der Waals surface area contributed by atoms with Crippen LogP contribution < -0.4 is 10.5 Å². The number of hydrogen-bond acceptors (Lipinski definition) is 4. The van der Waals surface area contributed by atoms with E-state index in [1.807, 2.05) is 0 Å². The smallest absolute Gasteiger partial charge is 0.387 e. The molecule has 5 nitrogen and oxygen atoms in total. The molecule has 1 aliphatic rings. The third-order valence-electron chi connectivity index (χ3n) is 3.59. The number of carbonyl (C=O) groups is 1. The molecule has 0 spiro atoms. The number of halogens is 3. The molecule has 130 valence electrons. The van der Waals surface area contributed by atoms with Crippen LogP contribution >= 0.6 is 12.4 Å². The van der Waals surface area contributed by atoms with Crippen LogP contribution in [0.25, 0.3) is 0 Å². The summed E-state index contributed by atoms with van der Waals surface area (Å²) in [4.78, 5) is 13.8. The molecule has 1 aromatic rings. The first-order valence-electron chi connectivity index (χ1n) is 7.14. The van der Waals surface area contributed by atoms with E-state index >= 15 is 0 Å². The number of nitrogens with zero attached hydrogens (tertiary/aromatic N) is 1. The van der Waals surface area contributed by atoms with Gasteiger partial charge in [0.05, 0.1) is 6.10 Å². The normalized spacial score (nSPS) is 20.2. The fourth-order valence-electron chi connectivity index (χ4n) is 2.43. The Morgan fingerprint density at radius 2 is 2.04 bits per heavy atom. The molecule has 0 unspecified atom stereocenters. The molecule has 0 aliphatic carbocycles. The first-order valence-corrected chi connectivity index (χ1v) is 7.14. The van der Waals surface area contributed by atoms with Crippen molar-refractivity contribution in [2.75, 3.05) is 13.6 Å². The van der Waals surface area contributed by atoms with Gasteiger partial charge in [-0.1, -0.05) is 12.1 Å². The third-order valence-corrected chi connectivity index (χ3v) is 3.59. The second kappa shape index (κ2) is 9.00. The molecule has 1 fully saturated rings. The van der Waals surface area contributed by atoms with Crippen molar-refractivity contribution in [1.29, 1.82) is 0 Å². The minimum atomic E-state index is -2.84. The average Bonchev–Trinajstić information content (AvgIpc) is 2.97. The van der Waals surface area contributed by atoms with Gasteiger partial charge in [-0.15, -0.1) is 12.4 Å². The predicted molar refractivity (Wildman–Crippen MR) is 83.7 cm³/mol. The summed E-state index contributed by atoms with van der Waals surface area (Å²) in [5.74, 6) is 0.00139. The zero-order chi connectivity index (χ0) is 16.1. The second-order valence-electron chi connectivity index (χ2n) is 5.28. The highest BCUT2D eigenvalue weighted by Crippen LogP contribution is 2.21. The fourth-order valence-corrected chi connectivity index (χ4v) is 2.43. The van der Waals surface area contributed by atoms with Gasteiger partial charge >= 0.3 is 6.61 Å². The lowest BCUT2D eigenvalue weighted by molar-refractivity contribution is -0.141. The standard InChI is InChI=1S/C15H20F2N2O3.ClH/c1-19(14(20)13-7-6-12(8-18)21-13)9-10-2-4-11(5-3-10)22-15(16)17;/h2-5,12-13,15H,6-9,18H2,1H3;1H/t12-,13+;/m1./s1. The summed E-state index contributed by atoms with van der Waals surface area (Å²) in [6.07, 6.45) is 0.972. The van der Waals surface area contributed by atoms with E-state index < -0.39 is 12.7 Å². The number of carbonyl (C=O) groups excluding carboxylic acids is 1. The van der Waals surface area contributed by atoms with Crippen LogP contribution in [0.15, 0.2) is 24.3 Å². The molecule has 2 atom stereocenters. The van der Waals surface area contributed by atoms with Gasteiger partial charge in [0.2, 0.25) is 0 Å². The van der Waals surface area contributed by atoms with Crippen molar-refractivity contribution in [2.24, 2.45) is 5.73 Å². The fraction of sp³-hybridized carbons (Fsp3) is 0.533. The lowest BCUT2D eigenvalue weighted by Crippen LogP contribution is -2.36. The lowest BCUT2D eigenvalue weighted by Gasteiger charge is -2.21. The molecule has 1 aliphatic heterocycles. The van der Waals surface area contributed by atoms with E-state index in [2.05, 4.69) is 4.74 Å². The van der Waals surface area contributed by atoms with Crippen LogP contribution in [0, 0.1) is 0 Å². The summed E-state index contributed by atoms with van der Waals surface area (Å²) in [5, 5.41) is 0. The van der Waals surface area contributed by atoms with Crippen LogP contribution in [0.5, 0.6) is 5.75 Å². The summed E-state index contributed by atoms with van der Waals surface area (Å²) in [6.45, 7) is -2.05. The van der Waals surface area contributed by atoms with Crippen molar-refractivity contribution in [3.05, 3.63) is 29.8 Å². The van der Waals surface area contributed by atoms with Crippen LogP contribution in [0.2, 0.25) is 0 Å². The van der Waals surface area contributed by atoms with Crippen LogP contribution in [-0.4, -0.2) is 43.2 Å². The highest BCUT2D eigenvalue weighted by molar-refractivity contribution is 5.85. The maximum Gasteiger partial charge on any atom is 0.387 e. The largest absolute Gasteiger partial charge is 0.435 e. The summed E-state index contributed by atoms with van der Waals surface area (Å²) < 4.78 is 34.0. The van der Waals surface area contributed by atoms with Gasteiger partial charge in [-0.2, -0.15) is 8.78 Å².